The number of nitrogens with one attached hydrogen (secondary N) is 1. The summed E-state index contributed by atoms with van der Waals surface area (Å²) in [6.45, 7) is 0. The summed E-state index contributed by atoms with van der Waals surface area (Å²) >= 11 is 0. The molecule has 0 atom stereocenters. The van der Waals surface area contributed by atoms with E-state index in [1.54, 1.807) is 12.3 Å². The van der Waals surface area contributed by atoms with E-state index in [4.69, 9.17) is 5.26 Å². The molecular formula is C11H8N2O2. The minimum atomic E-state index is -0.436. The molecule has 0 fully saturated rings. The van der Waals surface area contributed by atoms with Gasteiger partial charge in [-0.2, -0.15) is 5.26 Å². The standard InChI is InChI=1S/C11H8N2O2/c1-15-11(14)8-4-7-2-3-13-10(7)9(5-8)6-12/h2-5,13H,1H3. The average Bonchev–Trinajstić information content (AvgIpc) is 2.74. The van der Waals surface area contributed by atoms with Gasteiger partial charge in [0.25, 0.3) is 0 Å². The number of nitrogens with zero attached hydrogens (tertiary/aromatic N) is 1. The first-order valence-corrected chi connectivity index (χ1v) is 4.36. The van der Waals surface area contributed by atoms with Crippen LogP contribution in [-0.2, 0) is 4.74 Å². The Morgan fingerprint density at radius 1 is 1.53 bits per heavy atom. The Hall–Kier alpha value is -2.28. The Kier molecular flexibility index (Phi) is 2.14. The van der Waals surface area contributed by atoms with E-state index in [1.807, 2.05) is 12.1 Å². The summed E-state index contributed by atoms with van der Waals surface area (Å²) in [5.41, 5.74) is 1.57. The summed E-state index contributed by atoms with van der Waals surface area (Å²) in [4.78, 5) is 14.3. The minimum absolute atomic E-state index is 0.390. The molecule has 1 aromatic carbocycles. The van der Waals surface area contributed by atoms with Crippen molar-refractivity contribution in [1.29, 1.82) is 5.26 Å². The van der Waals surface area contributed by atoms with Gasteiger partial charge in [-0.25, -0.2) is 4.79 Å². The fraction of sp³-hybridized carbons (Fsp3) is 0.0909. The fourth-order valence-corrected chi connectivity index (χ4v) is 1.50. The number of ether oxygens (including phenoxy) is 1. The van der Waals surface area contributed by atoms with Crippen molar-refractivity contribution in [2.24, 2.45) is 0 Å². The number of esters is 1. The quantitative estimate of drug-likeness (QED) is 0.714. The highest BCUT2D eigenvalue weighted by Crippen LogP contribution is 2.19. The van der Waals surface area contributed by atoms with Crippen LogP contribution in [0.2, 0.25) is 0 Å². The van der Waals surface area contributed by atoms with Gasteiger partial charge in [-0.15, -0.1) is 0 Å². The normalized spacial score (nSPS) is 9.87. The van der Waals surface area contributed by atoms with Crippen LogP contribution in [0.15, 0.2) is 24.4 Å². The maximum atomic E-state index is 11.3. The number of fused-ring (bicyclic) bond motifs is 1. The summed E-state index contributed by atoms with van der Waals surface area (Å²) in [6.07, 6.45) is 1.73. The van der Waals surface area contributed by atoms with E-state index in [9.17, 15) is 4.79 Å². The Bertz CT molecular complexity index is 563. The van der Waals surface area contributed by atoms with Gasteiger partial charge in [0.1, 0.15) is 6.07 Å². The van der Waals surface area contributed by atoms with Crippen molar-refractivity contribution in [3.05, 3.63) is 35.5 Å². The maximum Gasteiger partial charge on any atom is 0.337 e. The van der Waals surface area contributed by atoms with Crippen molar-refractivity contribution in [2.75, 3.05) is 7.11 Å². The Morgan fingerprint density at radius 2 is 2.33 bits per heavy atom. The SMILES string of the molecule is COC(=O)c1cc(C#N)c2[nH]ccc2c1. The van der Waals surface area contributed by atoms with Gasteiger partial charge in [-0.05, 0) is 18.2 Å². The molecular weight excluding hydrogens is 192 g/mol. The lowest BCUT2D eigenvalue weighted by Gasteiger charge is -2.00. The van der Waals surface area contributed by atoms with Crippen molar-refractivity contribution in [3.8, 4) is 6.07 Å². The summed E-state index contributed by atoms with van der Waals surface area (Å²) in [5, 5.41) is 9.74. The zero-order chi connectivity index (χ0) is 10.8. The number of H-pyrrole nitrogens is 1. The zero-order valence-electron chi connectivity index (χ0n) is 8.07. The van der Waals surface area contributed by atoms with Crippen LogP contribution in [0, 0.1) is 11.3 Å². The minimum Gasteiger partial charge on any atom is -0.465 e. The number of rotatable bonds is 1. The second-order valence-electron chi connectivity index (χ2n) is 3.07. The van der Waals surface area contributed by atoms with Crippen molar-refractivity contribution in [1.82, 2.24) is 4.98 Å². The molecule has 74 valence electrons. The van der Waals surface area contributed by atoms with Crippen LogP contribution < -0.4 is 0 Å². The van der Waals surface area contributed by atoms with E-state index < -0.39 is 5.97 Å². The lowest BCUT2D eigenvalue weighted by atomic mass is 10.1. The summed E-state index contributed by atoms with van der Waals surface area (Å²) in [6, 6.07) is 7.06. The number of benzene rings is 1. The van der Waals surface area contributed by atoms with Gasteiger partial charge in [0.15, 0.2) is 0 Å². The van der Waals surface area contributed by atoms with E-state index in [1.165, 1.54) is 13.2 Å². The molecule has 0 saturated carbocycles. The largest absolute Gasteiger partial charge is 0.465 e. The van der Waals surface area contributed by atoms with Gasteiger partial charge < -0.3 is 9.72 Å². The molecule has 0 radical (unpaired) electrons. The number of hydrogen-bond donors (Lipinski definition) is 1. The van der Waals surface area contributed by atoms with E-state index >= 15 is 0 Å². The Balaban J connectivity index is 2.70. The van der Waals surface area contributed by atoms with Gasteiger partial charge in [-0.3, -0.25) is 0 Å². The molecule has 0 spiro atoms. The van der Waals surface area contributed by atoms with Crippen molar-refractivity contribution < 1.29 is 9.53 Å². The van der Waals surface area contributed by atoms with Crippen molar-refractivity contribution >= 4 is 16.9 Å². The first-order valence-electron chi connectivity index (χ1n) is 4.36. The molecule has 0 saturated heterocycles. The number of carbonyl (C=O) groups is 1. The molecule has 0 aliphatic rings. The van der Waals surface area contributed by atoms with Crippen LogP contribution in [0.4, 0.5) is 0 Å². The Morgan fingerprint density at radius 3 is 3.00 bits per heavy atom. The van der Waals surface area contributed by atoms with Crippen LogP contribution >= 0.6 is 0 Å². The van der Waals surface area contributed by atoms with Crippen LogP contribution in [0.3, 0.4) is 0 Å². The fourth-order valence-electron chi connectivity index (χ4n) is 1.50. The average molecular weight is 200 g/mol. The number of carbonyl (C=O) groups excluding carboxylic acids is 1. The predicted molar refractivity (Wildman–Crippen MR) is 54.4 cm³/mol. The number of hydrogen-bond acceptors (Lipinski definition) is 3. The lowest BCUT2D eigenvalue weighted by Crippen LogP contribution is -2.01. The van der Waals surface area contributed by atoms with E-state index in [-0.39, 0.29) is 0 Å². The van der Waals surface area contributed by atoms with E-state index in [0.717, 1.165) is 10.9 Å². The van der Waals surface area contributed by atoms with Crippen molar-refractivity contribution in [2.45, 2.75) is 0 Å². The molecule has 0 aliphatic heterocycles. The molecule has 4 nitrogen and oxygen atoms in total. The number of methoxy groups -OCH3 is 1. The Labute approximate surface area is 86.1 Å². The van der Waals surface area contributed by atoms with Gasteiger partial charge >= 0.3 is 5.97 Å². The van der Waals surface area contributed by atoms with E-state index in [2.05, 4.69) is 9.72 Å². The molecule has 2 aromatic rings. The summed E-state index contributed by atoms with van der Waals surface area (Å²) in [5.74, 6) is -0.436. The summed E-state index contributed by atoms with van der Waals surface area (Å²) in [7, 11) is 1.32. The van der Waals surface area contributed by atoms with Gasteiger partial charge in [0.05, 0.1) is 23.8 Å². The summed E-state index contributed by atoms with van der Waals surface area (Å²) < 4.78 is 4.60. The van der Waals surface area contributed by atoms with Gasteiger partial charge in [-0.1, -0.05) is 0 Å². The third-order valence-electron chi connectivity index (χ3n) is 2.20. The number of aromatic amines is 1. The highest BCUT2D eigenvalue weighted by molar-refractivity contribution is 5.96. The lowest BCUT2D eigenvalue weighted by molar-refractivity contribution is 0.0601. The molecule has 15 heavy (non-hydrogen) atoms. The highest BCUT2D eigenvalue weighted by atomic mass is 16.5. The van der Waals surface area contributed by atoms with Crippen molar-refractivity contribution in [3.63, 3.8) is 0 Å². The monoisotopic (exact) mass is 200 g/mol. The van der Waals surface area contributed by atoms with E-state index in [0.29, 0.717) is 11.1 Å². The molecule has 0 amide bonds. The molecule has 2 rings (SSSR count). The van der Waals surface area contributed by atoms with Gasteiger partial charge in [0, 0.05) is 11.6 Å². The third kappa shape index (κ3) is 1.44. The molecule has 1 aromatic heterocycles. The number of aromatic nitrogens is 1. The zero-order valence-corrected chi connectivity index (χ0v) is 8.07. The third-order valence-corrected chi connectivity index (χ3v) is 2.20. The maximum absolute atomic E-state index is 11.3. The molecule has 4 heteroatoms. The van der Waals surface area contributed by atoms with Crippen LogP contribution in [0.5, 0.6) is 0 Å². The highest BCUT2D eigenvalue weighted by Gasteiger charge is 2.10. The predicted octanol–water partition coefficient (Wildman–Crippen LogP) is 1.83. The van der Waals surface area contributed by atoms with Gasteiger partial charge in [0.2, 0.25) is 0 Å². The number of nitriles is 1. The smallest absolute Gasteiger partial charge is 0.337 e. The molecule has 0 unspecified atom stereocenters. The molecule has 1 heterocycles. The second-order valence-corrected chi connectivity index (χ2v) is 3.07. The second kappa shape index (κ2) is 3.46. The first-order chi connectivity index (χ1) is 7.26. The topological polar surface area (TPSA) is 65.9 Å². The van der Waals surface area contributed by atoms with Crippen LogP contribution in [0.1, 0.15) is 15.9 Å². The van der Waals surface area contributed by atoms with Crippen LogP contribution in [-0.4, -0.2) is 18.1 Å². The molecule has 1 N–H and O–H groups in total. The van der Waals surface area contributed by atoms with Crippen LogP contribution in [0.25, 0.3) is 10.9 Å². The molecule has 0 aliphatic carbocycles. The molecule has 0 bridgehead atoms. The first kappa shape index (κ1) is 9.28.